The summed E-state index contributed by atoms with van der Waals surface area (Å²) in [6, 6.07) is -0.127. The van der Waals surface area contributed by atoms with Gasteiger partial charge in [0.15, 0.2) is 0 Å². The van der Waals surface area contributed by atoms with E-state index in [4.69, 9.17) is 4.74 Å². The van der Waals surface area contributed by atoms with Crippen LogP contribution in [0.3, 0.4) is 0 Å². The molecule has 4 heterocycles. The minimum Gasteiger partial charge on any atom is -0.467 e. The summed E-state index contributed by atoms with van der Waals surface area (Å²) < 4.78 is 46.9. The van der Waals surface area contributed by atoms with E-state index < -0.39 is 11.2 Å². The molecule has 1 atom stereocenters. The van der Waals surface area contributed by atoms with Crippen LogP contribution in [-0.4, -0.2) is 73.3 Å². The number of carbonyl (C=O) groups is 1. The normalized spacial score (nSPS) is 16.7. The Labute approximate surface area is 197 Å². The number of piperazine rings is 1. The average molecular weight is 497 g/mol. The molecule has 1 saturated heterocycles. The Balaban J connectivity index is 1.56. The second-order valence-corrected chi connectivity index (χ2v) is 8.85. The van der Waals surface area contributed by atoms with Crippen molar-refractivity contribution in [3.63, 3.8) is 0 Å². The number of aromatic nitrogens is 6. The van der Waals surface area contributed by atoms with Gasteiger partial charge in [0.25, 0.3) is 0 Å². The number of alkyl halides is 3. The fraction of sp³-hybridized carbons (Fsp3) is 0.500. The maximum absolute atomic E-state index is 13.5. The van der Waals surface area contributed by atoms with Crippen LogP contribution in [0.2, 0.25) is 0 Å². The number of hydrogen-bond donors (Lipinski definition) is 0. The minimum absolute atomic E-state index is 0.0598. The molecular formula is C20H23F3N8O2S. The summed E-state index contributed by atoms with van der Waals surface area (Å²) in [7, 11) is 1.40. The quantitative estimate of drug-likeness (QED) is 0.531. The molecule has 1 amide bonds. The van der Waals surface area contributed by atoms with Gasteiger partial charge in [0.05, 0.1) is 7.11 Å². The van der Waals surface area contributed by atoms with Gasteiger partial charge in [-0.1, -0.05) is 11.3 Å². The third kappa shape index (κ3) is 4.81. The topological polar surface area (TPSA) is 102 Å². The number of thiazole rings is 1. The van der Waals surface area contributed by atoms with Gasteiger partial charge in [-0.25, -0.2) is 24.6 Å². The Morgan fingerprint density at radius 3 is 2.47 bits per heavy atom. The fourth-order valence-electron chi connectivity index (χ4n) is 3.82. The molecule has 0 spiro atoms. The van der Waals surface area contributed by atoms with Crippen molar-refractivity contribution in [3.8, 4) is 17.3 Å². The van der Waals surface area contributed by atoms with E-state index in [9.17, 15) is 18.0 Å². The molecule has 0 N–H and O–H groups in total. The van der Waals surface area contributed by atoms with Crippen molar-refractivity contribution in [1.82, 2.24) is 34.6 Å². The molecule has 0 saturated carbocycles. The zero-order valence-corrected chi connectivity index (χ0v) is 19.8. The molecule has 1 aliphatic heterocycles. The van der Waals surface area contributed by atoms with E-state index in [1.165, 1.54) is 19.5 Å². The first-order valence-electron chi connectivity index (χ1n) is 10.4. The summed E-state index contributed by atoms with van der Waals surface area (Å²) in [5.41, 5.74) is 0.506. The van der Waals surface area contributed by atoms with Gasteiger partial charge < -0.3 is 14.5 Å². The lowest BCUT2D eigenvalue weighted by Crippen LogP contribution is -2.54. The van der Waals surface area contributed by atoms with Crippen molar-refractivity contribution in [2.45, 2.75) is 39.5 Å². The first-order chi connectivity index (χ1) is 16.1. The Bertz CT molecular complexity index is 1180. The molecule has 0 aromatic carbocycles. The van der Waals surface area contributed by atoms with Crippen molar-refractivity contribution >= 4 is 22.2 Å². The molecule has 34 heavy (non-hydrogen) atoms. The van der Waals surface area contributed by atoms with Gasteiger partial charge >= 0.3 is 12.2 Å². The highest BCUT2D eigenvalue weighted by Crippen LogP contribution is 2.43. The van der Waals surface area contributed by atoms with Gasteiger partial charge in [0.1, 0.15) is 28.9 Å². The Morgan fingerprint density at radius 2 is 1.91 bits per heavy atom. The van der Waals surface area contributed by atoms with Crippen molar-refractivity contribution in [2.24, 2.45) is 0 Å². The number of hydrogen-bond acceptors (Lipinski definition) is 9. The Kier molecular flexibility index (Phi) is 6.43. The van der Waals surface area contributed by atoms with Crippen LogP contribution in [0, 0.1) is 13.8 Å². The number of methoxy groups -OCH3 is 1. The van der Waals surface area contributed by atoms with E-state index in [1.807, 2.05) is 11.8 Å². The van der Waals surface area contributed by atoms with Gasteiger partial charge in [-0.3, -0.25) is 4.79 Å². The fourth-order valence-corrected chi connectivity index (χ4v) is 4.81. The van der Waals surface area contributed by atoms with Crippen LogP contribution in [0.15, 0.2) is 12.4 Å². The number of amides is 1. The van der Waals surface area contributed by atoms with Gasteiger partial charge in [-0.15, -0.1) is 0 Å². The lowest BCUT2D eigenvalue weighted by molar-refractivity contribution is -0.137. The third-order valence-corrected chi connectivity index (χ3v) is 6.58. The van der Waals surface area contributed by atoms with Gasteiger partial charge in [0, 0.05) is 43.6 Å². The number of ether oxygens (including phenoxy) is 1. The number of halogens is 3. The van der Waals surface area contributed by atoms with E-state index in [0.717, 1.165) is 0 Å². The standard InChI is InChI=1S/C20H23F3N8O2S/c1-11-9-29(5-6-30(11)15(32)10-31-13(3)26-12(2)28-31)17-16(27-18(34-17)20(21,22)23)14-7-24-19(33-4)25-8-14/h7-8,11H,5-6,9-10H2,1-4H3/t11-/m1/s1. The van der Waals surface area contributed by atoms with Gasteiger partial charge in [0.2, 0.25) is 10.9 Å². The van der Waals surface area contributed by atoms with Crippen LogP contribution in [0.25, 0.3) is 11.3 Å². The van der Waals surface area contributed by atoms with Crippen molar-refractivity contribution < 1.29 is 22.7 Å². The molecular weight excluding hydrogens is 473 g/mol. The summed E-state index contributed by atoms with van der Waals surface area (Å²) >= 11 is 0.574. The predicted molar refractivity (Wildman–Crippen MR) is 118 cm³/mol. The Hall–Kier alpha value is -3.29. The highest BCUT2D eigenvalue weighted by molar-refractivity contribution is 7.16. The third-order valence-electron chi connectivity index (χ3n) is 5.42. The summed E-state index contributed by atoms with van der Waals surface area (Å²) in [4.78, 5) is 32.5. The maximum atomic E-state index is 13.5. The van der Waals surface area contributed by atoms with Crippen LogP contribution in [0.1, 0.15) is 23.6 Å². The average Bonchev–Trinajstić information content (AvgIpc) is 3.37. The van der Waals surface area contributed by atoms with Crippen LogP contribution in [-0.2, 0) is 17.5 Å². The number of rotatable bonds is 5. The molecule has 0 aliphatic carbocycles. The van der Waals surface area contributed by atoms with Crippen LogP contribution in [0.5, 0.6) is 6.01 Å². The van der Waals surface area contributed by atoms with Crippen molar-refractivity contribution in [3.05, 3.63) is 29.1 Å². The molecule has 3 aromatic heterocycles. The van der Waals surface area contributed by atoms with Crippen molar-refractivity contribution in [2.75, 3.05) is 31.6 Å². The summed E-state index contributed by atoms with van der Waals surface area (Å²) in [6.45, 7) is 6.52. The largest absolute Gasteiger partial charge is 0.467 e. The van der Waals surface area contributed by atoms with E-state index in [-0.39, 0.29) is 30.2 Å². The summed E-state index contributed by atoms with van der Waals surface area (Å²) in [5.74, 6) is 1.11. The molecule has 182 valence electrons. The molecule has 4 rings (SSSR count). The summed E-state index contributed by atoms with van der Waals surface area (Å²) in [6.07, 6.45) is -1.81. The van der Waals surface area contributed by atoms with Crippen molar-refractivity contribution in [1.29, 1.82) is 0 Å². The smallest absolute Gasteiger partial charge is 0.443 e. The van der Waals surface area contributed by atoms with E-state index in [1.54, 1.807) is 23.4 Å². The zero-order valence-electron chi connectivity index (χ0n) is 19.0. The minimum atomic E-state index is -4.58. The number of aryl methyl sites for hydroxylation is 2. The predicted octanol–water partition coefficient (Wildman–Crippen LogP) is 2.57. The van der Waals surface area contributed by atoms with Gasteiger partial charge in [-0.05, 0) is 20.8 Å². The second kappa shape index (κ2) is 9.16. The lowest BCUT2D eigenvalue weighted by atomic mass is 10.1. The van der Waals surface area contributed by atoms with Crippen LogP contribution < -0.4 is 9.64 Å². The van der Waals surface area contributed by atoms with Crippen LogP contribution >= 0.6 is 11.3 Å². The van der Waals surface area contributed by atoms with Gasteiger partial charge in [-0.2, -0.15) is 18.3 Å². The van der Waals surface area contributed by atoms with E-state index in [0.29, 0.717) is 53.2 Å². The summed E-state index contributed by atoms with van der Waals surface area (Å²) in [5, 5.41) is 3.65. The molecule has 10 nitrogen and oxygen atoms in total. The molecule has 0 radical (unpaired) electrons. The molecule has 0 bridgehead atoms. The molecule has 1 fully saturated rings. The number of carbonyl (C=O) groups excluding carboxylic acids is 1. The Morgan fingerprint density at radius 1 is 1.21 bits per heavy atom. The van der Waals surface area contributed by atoms with Crippen LogP contribution in [0.4, 0.5) is 18.2 Å². The SMILES string of the molecule is COc1ncc(-c2nc(C(F)(F)F)sc2N2CCN(C(=O)Cn3nc(C)nc3C)[C@H](C)C2)cn1. The molecule has 3 aromatic rings. The second-order valence-electron chi connectivity index (χ2n) is 7.88. The molecule has 1 aliphatic rings. The van der Waals surface area contributed by atoms with E-state index >= 15 is 0 Å². The lowest BCUT2D eigenvalue weighted by Gasteiger charge is -2.40. The number of nitrogens with zero attached hydrogens (tertiary/aromatic N) is 8. The number of anilines is 1. The monoisotopic (exact) mass is 496 g/mol. The first kappa shape index (κ1) is 23.9. The first-order valence-corrected chi connectivity index (χ1v) is 11.3. The molecule has 0 unspecified atom stereocenters. The maximum Gasteiger partial charge on any atom is 0.443 e. The highest BCUT2D eigenvalue weighted by atomic mass is 32.1. The zero-order chi connectivity index (χ0) is 24.6. The molecule has 14 heteroatoms. The van der Waals surface area contributed by atoms with E-state index in [2.05, 4.69) is 25.0 Å². The highest BCUT2D eigenvalue weighted by Gasteiger charge is 2.38.